The number of fused-ring (bicyclic) bond motifs is 4. The van der Waals surface area contributed by atoms with Crippen molar-refractivity contribution in [2.24, 2.45) is 12.0 Å². The van der Waals surface area contributed by atoms with Gasteiger partial charge in [0.15, 0.2) is 0 Å². The number of aryl methyl sites for hydroxylation is 1. The first-order valence-electron chi connectivity index (χ1n) is 9.40. The van der Waals surface area contributed by atoms with Crippen LogP contribution in [0.5, 0.6) is 0 Å². The Kier molecular flexibility index (Phi) is 4.04. The predicted octanol–water partition coefficient (Wildman–Crippen LogP) is 5.00. The average molecular weight is 385 g/mol. The van der Waals surface area contributed by atoms with Gasteiger partial charge < -0.3 is 9.47 Å². The zero-order chi connectivity index (χ0) is 19.3. The lowest BCUT2D eigenvalue weighted by Gasteiger charge is -2.21. The molecule has 1 aliphatic rings. The number of nitrogens with zero attached hydrogens (tertiary/aromatic N) is 4. The Morgan fingerprint density at radius 1 is 1.11 bits per heavy atom. The normalized spacial score (nSPS) is 14.8. The molecule has 28 heavy (non-hydrogen) atoms. The summed E-state index contributed by atoms with van der Waals surface area (Å²) in [6.45, 7) is 1.91. The van der Waals surface area contributed by atoms with Crippen LogP contribution in [0.1, 0.15) is 21.6 Å². The Morgan fingerprint density at radius 3 is 2.79 bits per heavy atom. The second-order valence-electron chi connectivity index (χ2n) is 7.39. The molecular formula is C23H20N4S. The molecule has 4 nitrogen and oxygen atoms in total. The molecule has 4 aromatic rings. The lowest BCUT2D eigenvalue weighted by Crippen LogP contribution is -2.25. The molecule has 3 heterocycles. The van der Waals surface area contributed by atoms with Crippen molar-refractivity contribution in [1.82, 2.24) is 9.47 Å². The molecule has 138 valence electrons. The molecule has 2 aromatic heterocycles. The third kappa shape index (κ3) is 2.65. The summed E-state index contributed by atoms with van der Waals surface area (Å²) in [5, 5.41) is 13.0. The molecule has 5 heteroatoms. The van der Waals surface area contributed by atoms with Gasteiger partial charge in [-0.1, -0.05) is 24.3 Å². The number of aromatic nitrogens is 1. The fourth-order valence-electron chi connectivity index (χ4n) is 4.12. The number of hydrogen-bond acceptors (Lipinski definition) is 4. The lowest BCUT2D eigenvalue weighted by molar-refractivity contribution is 0.317. The topological polar surface area (TPSA) is 44.3 Å². The van der Waals surface area contributed by atoms with Crippen molar-refractivity contribution >= 4 is 44.4 Å². The maximum absolute atomic E-state index is 9.66. The maximum Gasteiger partial charge on any atom is 0.134 e. The Labute approximate surface area is 168 Å². The van der Waals surface area contributed by atoms with Crippen LogP contribution >= 0.6 is 11.3 Å². The van der Waals surface area contributed by atoms with Gasteiger partial charge in [-0.3, -0.25) is 0 Å². The van der Waals surface area contributed by atoms with Crippen molar-refractivity contribution in [3.8, 4) is 6.07 Å². The van der Waals surface area contributed by atoms with E-state index >= 15 is 0 Å². The van der Waals surface area contributed by atoms with E-state index in [0.29, 0.717) is 0 Å². The van der Waals surface area contributed by atoms with Gasteiger partial charge in [0.05, 0.1) is 5.56 Å². The summed E-state index contributed by atoms with van der Waals surface area (Å²) in [4.78, 5) is 8.29. The minimum atomic E-state index is 0.760. The molecule has 0 saturated heterocycles. The minimum Gasteiger partial charge on any atom is -0.344 e. The van der Waals surface area contributed by atoms with E-state index in [1.165, 1.54) is 32.2 Å². The molecule has 0 unspecified atom stereocenters. The monoisotopic (exact) mass is 384 g/mol. The highest BCUT2D eigenvalue weighted by Crippen LogP contribution is 2.38. The zero-order valence-corrected chi connectivity index (χ0v) is 16.8. The van der Waals surface area contributed by atoms with Crippen LogP contribution in [0, 0.1) is 11.3 Å². The number of benzene rings is 2. The summed E-state index contributed by atoms with van der Waals surface area (Å²) in [5.74, 6) is 0. The van der Waals surface area contributed by atoms with Crippen LogP contribution in [-0.4, -0.2) is 29.3 Å². The number of likely N-dealkylation sites (N-methyl/N-ethyl adjacent to an activating group) is 1. The van der Waals surface area contributed by atoms with E-state index in [1.807, 2.05) is 6.21 Å². The Morgan fingerprint density at radius 2 is 1.93 bits per heavy atom. The molecule has 2 aromatic carbocycles. The van der Waals surface area contributed by atoms with E-state index in [9.17, 15) is 5.26 Å². The van der Waals surface area contributed by atoms with Crippen molar-refractivity contribution in [3.05, 3.63) is 64.0 Å². The zero-order valence-electron chi connectivity index (χ0n) is 15.9. The van der Waals surface area contributed by atoms with Crippen LogP contribution < -0.4 is 0 Å². The second-order valence-corrected chi connectivity index (χ2v) is 8.48. The number of rotatable bonds is 2. The molecule has 0 amide bonds. The first-order valence-corrected chi connectivity index (χ1v) is 10.2. The van der Waals surface area contributed by atoms with Crippen molar-refractivity contribution in [1.29, 1.82) is 5.26 Å². The first kappa shape index (κ1) is 17.2. The van der Waals surface area contributed by atoms with E-state index in [2.05, 4.69) is 72.1 Å². The molecule has 0 spiro atoms. The molecule has 0 N–H and O–H groups in total. The number of aliphatic imine (C=N–C) groups is 1. The molecule has 0 atom stereocenters. The average Bonchev–Trinajstić information content (AvgIpc) is 3.21. The minimum absolute atomic E-state index is 0.760. The van der Waals surface area contributed by atoms with Crippen molar-refractivity contribution in [3.63, 3.8) is 0 Å². The van der Waals surface area contributed by atoms with Crippen LogP contribution in [-0.2, 0) is 20.0 Å². The van der Waals surface area contributed by atoms with Gasteiger partial charge in [0.25, 0.3) is 0 Å². The summed E-state index contributed by atoms with van der Waals surface area (Å²) in [6, 6.07) is 17.3. The van der Waals surface area contributed by atoms with Crippen molar-refractivity contribution in [2.45, 2.75) is 13.0 Å². The van der Waals surface area contributed by atoms with Crippen LogP contribution in [0.2, 0.25) is 0 Å². The van der Waals surface area contributed by atoms with E-state index in [-0.39, 0.29) is 0 Å². The van der Waals surface area contributed by atoms with Gasteiger partial charge in [-0.2, -0.15) is 5.26 Å². The Balaban J connectivity index is 1.56. The Hall–Kier alpha value is -2.94. The first-order chi connectivity index (χ1) is 13.7. The summed E-state index contributed by atoms with van der Waals surface area (Å²) in [5.41, 5.74) is 5.45. The SMILES string of the molecule is CN1CCc2c(sc(N=Cc3ccc4c(c3)c3ccccc3n4C)c2C#N)C1. The number of nitriles is 1. The van der Waals surface area contributed by atoms with E-state index in [0.717, 1.165) is 35.6 Å². The van der Waals surface area contributed by atoms with Gasteiger partial charge in [0, 0.05) is 53.0 Å². The van der Waals surface area contributed by atoms with Crippen LogP contribution in [0.25, 0.3) is 21.8 Å². The summed E-state index contributed by atoms with van der Waals surface area (Å²) < 4.78 is 2.23. The number of para-hydroxylation sites is 1. The quantitative estimate of drug-likeness (QED) is 0.456. The lowest BCUT2D eigenvalue weighted by atomic mass is 10.0. The largest absolute Gasteiger partial charge is 0.344 e. The smallest absolute Gasteiger partial charge is 0.134 e. The Bertz CT molecular complexity index is 1290. The van der Waals surface area contributed by atoms with Crippen LogP contribution in [0.15, 0.2) is 47.5 Å². The maximum atomic E-state index is 9.66. The molecule has 0 radical (unpaired) electrons. The molecule has 0 aliphatic carbocycles. The van der Waals surface area contributed by atoms with Gasteiger partial charge in [-0.15, -0.1) is 11.3 Å². The molecule has 0 fully saturated rings. The molecule has 5 rings (SSSR count). The highest BCUT2D eigenvalue weighted by Gasteiger charge is 2.22. The highest BCUT2D eigenvalue weighted by molar-refractivity contribution is 7.16. The summed E-state index contributed by atoms with van der Waals surface area (Å²) in [7, 11) is 4.22. The standard InChI is InChI=1S/C23H20N4S/c1-26-10-9-17-19(12-24)23(28-22(17)14-26)25-13-15-7-8-21-18(11-15)16-5-3-4-6-20(16)27(21)2/h3-8,11,13H,9-10,14H2,1-2H3. The molecular weight excluding hydrogens is 364 g/mol. The van der Waals surface area contributed by atoms with Gasteiger partial charge >= 0.3 is 0 Å². The fraction of sp³-hybridized carbons (Fsp3) is 0.217. The van der Waals surface area contributed by atoms with Crippen molar-refractivity contribution in [2.75, 3.05) is 13.6 Å². The fourth-order valence-corrected chi connectivity index (χ4v) is 5.34. The van der Waals surface area contributed by atoms with Crippen LogP contribution in [0.4, 0.5) is 5.00 Å². The second kappa shape index (κ2) is 6.59. The molecule has 0 bridgehead atoms. The van der Waals surface area contributed by atoms with Gasteiger partial charge in [-0.05, 0) is 42.8 Å². The van der Waals surface area contributed by atoms with Gasteiger partial charge in [0.2, 0.25) is 0 Å². The number of hydrogen-bond donors (Lipinski definition) is 0. The third-order valence-corrected chi connectivity index (χ3v) is 6.73. The molecule has 0 saturated carbocycles. The van der Waals surface area contributed by atoms with E-state index in [1.54, 1.807) is 11.3 Å². The number of thiophene rings is 1. The summed E-state index contributed by atoms with van der Waals surface area (Å²) in [6.07, 6.45) is 2.83. The van der Waals surface area contributed by atoms with Crippen LogP contribution in [0.3, 0.4) is 0 Å². The van der Waals surface area contributed by atoms with Crippen molar-refractivity contribution < 1.29 is 0 Å². The molecule has 1 aliphatic heterocycles. The van der Waals surface area contributed by atoms with E-state index in [4.69, 9.17) is 4.99 Å². The van der Waals surface area contributed by atoms with Gasteiger partial charge in [0.1, 0.15) is 11.1 Å². The van der Waals surface area contributed by atoms with Gasteiger partial charge in [-0.25, -0.2) is 4.99 Å². The predicted molar refractivity (Wildman–Crippen MR) is 117 cm³/mol. The third-order valence-electron chi connectivity index (χ3n) is 5.61. The van der Waals surface area contributed by atoms with E-state index < -0.39 is 0 Å². The summed E-state index contributed by atoms with van der Waals surface area (Å²) >= 11 is 1.65. The highest BCUT2D eigenvalue weighted by atomic mass is 32.1.